The van der Waals surface area contributed by atoms with E-state index in [1.165, 1.54) is 23.1 Å². The summed E-state index contributed by atoms with van der Waals surface area (Å²) in [6.07, 6.45) is 3.43. The molecular weight excluding hydrogens is 254 g/mol. The molecule has 1 aliphatic rings. The van der Waals surface area contributed by atoms with Crippen molar-refractivity contribution in [2.24, 2.45) is 0 Å². The van der Waals surface area contributed by atoms with Crippen LogP contribution < -0.4 is 0 Å². The fourth-order valence-electron chi connectivity index (χ4n) is 1.70. The predicted molar refractivity (Wildman–Crippen MR) is 71.1 cm³/mol. The molecule has 0 saturated heterocycles. The van der Waals surface area contributed by atoms with Crippen molar-refractivity contribution in [1.29, 1.82) is 0 Å². The molecular formula is C12H11NO2S2. The van der Waals surface area contributed by atoms with E-state index in [0.717, 1.165) is 9.78 Å². The van der Waals surface area contributed by atoms with Crippen LogP contribution in [0.4, 0.5) is 0 Å². The molecule has 1 heterocycles. The van der Waals surface area contributed by atoms with E-state index in [9.17, 15) is 9.90 Å². The lowest BCUT2D eigenvalue weighted by atomic mass is 9.81. The van der Waals surface area contributed by atoms with Crippen LogP contribution in [0.3, 0.4) is 0 Å². The van der Waals surface area contributed by atoms with Crippen LogP contribution in [-0.2, 0) is 4.79 Å². The Morgan fingerprint density at radius 3 is 2.94 bits per heavy atom. The summed E-state index contributed by atoms with van der Waals surface area (Å²) in [7, 11) is 0. The number of Topliss-reactive ketones (excluding diaryl/α,β-unsaturated/α-hetero) is 1. The first-order chi connectivity index (χ1) is 8.20. The Labute approximate surface area is 108 Å². The third kappa shape index (κ3) is 1.96. The van der Waals surface area contributed by atoms with Crippen LogP contribution in [0, 0.1) is 0 Å². The highest BCUT2D eigenvalue weighted by Crippen LogP contribution is 2.44. The molecule has 0 aromatic carbocycles. The Morgan fingerprint density at radius 1 is 1.71 bits per heavy atom. The molecule has 5 heteroatoms. The maximum absolute atomic E-state index is 12.0. The smallest absolute Gasteiger partial charge is 0.183 e. The zero-order chi connectivity index (χ0) is 12.4. The third-order valence-electron chi connectivity index (χ3n) is 2.49. The minimum Gasteiger partial charge on any atom is -0.510 e. The van der Waals surface area contributed by atoms with E-state index in [2.05, 4.69) is 11.6 Å². The van der Waals surface area contributed by atoms with Crippen LogP contribution in [0.1, 0.15) is 17.7 Å². The van der Waals surface area contributed by atoms with Gasteiger partial charge in [-0.05, 0) is 12.3 Å². The van der Waals surface area contributed by atoms with Gasteiger partial charge in [0.05, 0.1) is 11.1 Å². The van der Waals surface area contributed by atoms with Crippen LogP contribution in [0.5, 0.6) is 0 Å². The second-order valence-corrected chi connectivity index (χ2v) is 5.33. The molecule has 3 nitrogen and oxygen atoms in total. The lowest BCUT2D eigenvalue weighted by Gasteiger charge is -2.27. The van der Waals surface area contributed by atoms with Gasteiger partial charge in [-0.15, -0.1) is 11.3 Å². The summed E-state index contributed by atoms with van der Waals surface area (Å²) < 4.78 is 0. The molecule has 0 spiro atoms. The second kappa shape index (κ2) is 4.89. The molecule has 0 saturated carbocycles. The normalized spacial score (nSPS) is 20.4. The number of thioether (sulfide) groups is 1. The maximum Gasteiger partial charge on any atom is 0.183 e. The first-order valence-corrected chi connectivity index (χ1v) is 6.76. The summed E-state index contributed by atoms with van der Waals surface area (Å²) in [6.45, 7) is 5.44. The highest BCUT2D eigenvalue weighted by Gasteiger charge is 2.42. The minimum atomic E-state index is -0.516. The summed E-state index contributed by atoms with van der Waals surface area (Å²) in [5, 5.41) is 11.6. The number of aromatic nitrogens is 1. The van der Waals surface area contributed by atoms with Gasteiger partial charge < -0.3 is 5.11 Å². The number of allylic oxidation sites excluding steroid dienone is 3. The van der Waals surface area contributed by atoms with Gasteiger partial charge in [0.1, 0.15) is 11.7 Å². The van der Waals surface area contributed by atoms with Crippen molar-refractivity contribution in [3.05, 3.63) is 50.9 Å². The molecule has 0 fully saturated rings. The van der Waals surface area contributed by atoms with E-state index < -0.39 is 5.92 Å². The van der Waals surface area contributed by atoms with Gasteiger partial charge in [0.2, 0.25) is 0 Å². The van der Waals surface area contributed by atoms with Gasteiger partial charge >= 0.3 is 0 Å². The van der Waals surface area contributed by atoms with Crippen molar-refractivity contribution in [3.63, 3.8) is 0 Å². The Hall–Kier alpha value is -1.33. The standard InChI is InChI=1S/C12H11NO2S2/c1-3-7(16-4-2)9-11(14)10(12(9)15)8-5-13-6-17-8/h3-6,10,14H,2H2,1H3/b7-3-. The first kappa shape index (κ1) is 12.1. The van der Waals surface area contributed by atoms with Crippen molar-refractivity contribution in [2.45, 2.75) is 12.8 Å². The molecule has 17 heavy (non-hydrogen) atoms. The molecule has 1 N–H and O–H groups in total. The number of hydrogen-bond donors (Lipinski definition) is 1. The summed E-state index contributed by atoms with van der Waals surface area (Å²) in [4.78, 5) is 17.5. The quantitative estimate of drug-likeness (QED) is 0.906. The Kier molecular flexibility index (Phi) is 3.49. The summed E-state index contributed by atoms with van der Waals surface area (Å²) in [5.74, 6) is -0.422. The van der Waals surface area contributed by atoms with Crippen molar-refractivity contribution in [3.8, 4) is 0 Å². The minimum absolute atomic E-state index is 0.0470. The number of ketones is 1. The number of nitrogens with zero attached hydrogens (tertiary/aromatic N) is 1. The fourth-order valence-corrected chi connectivity index (χ4v) is 3.06. The molecule has 1 atom stereocenters. The Balaban J connectivity index is 2.33. The first-order valence-electron chi connectivity index (χ1n) is 5.00. The van der Waals surface area contributed by atoms with Crippen molar-refractivity contribution in [1.82, 2.24) is 4.98 Å². The van der Waals surface area contributed by atoms with E-state index >= 15 is 0 Å². The van der Waals surface area contributed by atoms with Crippen LogP contribution >= 0.6 is 23.1 Å². The summed E-state index contributed by atoms with van der Waals surface area (Å²) >= 11 is 2.72. The average molecular weight is 265 g/mol. The van der Waals surface area contributed by atoms with Crippen LogP contribution in [0.15, 0.2) is 46.0 Å². The molecule has 88 valence electrons. The Bertz CT molecular complexity index is 515. The van der Waals surface area contributed by atoms with Gasteiger partial charge in [0.25, 0.3) is 0 Å². The number of carbonyl (C=O) groups is 1. The van der Waals surface area contributed by atoms with Gasteiger partial charge in [-0.1, -0.05) is 24.4 Å². The topological polar surface area (TPSA) is 50.2 Å². The van der Waals surface area contributed by atoms with E-state index in [-0.39, 0.29) is 11.5 Å². The van der Waals surface area contributed by atoms with Crippen LogP contribution in [0.25, 0.3) is 0 Å². The van der Waals surface area contributed by atoms with Gasteiger partial charge in [-0.3, -0.25) is 9.78 Å². The highest BCUT2D eigenvalue weighted by atomic mass is 32.2. The lowest BCUT2D eigenvalue weighted by Crippen LogP contribution is -2.29. The second-order valence-electron chi connectivity index (χ2n) is 3.40. The third-order valence-corrected chi connectivity index (χ3v) is 4.19. The van der Waals surface area contributed by atoms with Crippen LogP contribution in [-0.4, -0.2) is 15.9 Å². The number of aliphatic hydroxyl groups is 1. The number of rotatable bonds is 4. The molecule has 2 rings (SSSR count). The van der Waals surface area contributed by atoms with Crippen molar-refractivity contribution < 1.29 is 9.90 Å². The maximum atomic E-state index is 12.0. The molecule has 1 aliphatic carbocycles. The summed E-state index contributed by atoms with van der Waals surface area (Å²) in [6, 6.07) is 0. The molecule has 0 bridgehead atoms. The zero-order valence-corrected chi connectivity index (χ0v) is 10.8. The molecule has 1 aromatic heterocycles. The fraction of sp³-hybridized carbons (Fsp3) is 0.167. The average Bonchev–Trinajstić information content (AvgIpc) is 2.82. The monoisotopic (exact) mass is 265 g/mol. The molecule has 0 aliphatic heterocycles. The predicted octanol–water partition coefficient (Wildman–Crippen LogP) is 3.40. The molecule has 0 amide bonds. The SMILES string of the molecule is C=CS/C(=C\C)C1=C(O)C(c2cncs2)C1=O. The molecule has 1 unspecified atom stereocenters. The van der Waals surface area contributed by atoms with E-state index in [1.54, 1.807) is 23.2 Å². The number of hydrogen-bond acceptors (Lipinski definition) is 5. The van der Waals surface area contributed by atoms with E-state index in [1.807, 2.05) is 6.92 Å². The largest absolute Gasteiger partial charge is 0.510 e. The van der Waals surface area contributed by atoms with Gasteiger partial charge in [-0.2, -0.15) is 0 Å². The number of carbonyl (C=O) groups excluding carboxylic acids is 1. The molecule has 0 radical (unpaired) electrons. The van der Waals surface area contributed by atoms with Crippen molar-refractivity contribution in [2.75, 3.05) is 0 Å². The zero-order valence-electron chi connectivity index (χ0n) is 9.21. The highest BCUT2D eigenvalue weighted by molar-refractivity contribution is 8.06. The molecule has 1 aromatic rings. The number of aliphatic hydroxyl groups excluding tert-OH is 1. The van der Waals surface area contributed by atoms with Gasteiger partial charge in [0.15, 0.2) is 5.78 Å². The van der Waals surface area contributed by atoms with Gasteiger partial charge in [0, 0.05) is 16.0 Å². The van der Waals surface area contributed by atoms with Crippen LogP contribution in [0.2, 0.25) is 0 Å². The summed E-state index contributed by atoms with van der Waals surface area (Å²) in [5.41, 5.74) is 2.07. The van der Waals surface area contributed by atoms with Crippen molar-refractivity contribution >= 4 is 28.9 Å². The number of thiazole rings is 1. The van der Waals surface area contributed by atoms with E-state index in [4.69, 9.17) is 0 Å². The van der Waals surface area contributed by atoms with E-state index in [0.29, 0.717) is 5.57 Å². The lowest BCUT2D eigenvalue weighted by molar-refractivity contribution is -0.118. The van der Waals surface area contributed by atoms with Gasteiger partial charge in [-0.25, -0.2) is 0 Å². The Morgan fingerprint density at radius 2 is 2.47 bits per heavy atom.